The van der Waals surface area contributed by atoms with Crippen molar-refractivity contribution in [3.63, 3.8) is 0 Å². The quantitative estimate of drug-likeness (QED) is 0.811. The number of ether oxygens (including phenoxy) is 1. The number of nitrogens with one attached hydrogen (secondary N) is 1. The summed E-state index contributed by atoms with van der Waals surface area (Å²) in [7, 11) is 1.71. The highest BCUT2D eigenvalue weighted by molar-refractivity contribution is 5.29. The molecule has 86 valence electrons. The minimum Gasteiger partial charge on any atom is -0.380 e. The second-order valence-corrected chi connectivity index (χ2v) is 4.13. The summed E-state index contributed by atoms with van der Waals surface area (Å²) >= 11 is 0. The van der Waals surface area contributed by atoms with Crippen molar-refractivity contribution < 1.29 is 4.74 Å². The van der Waals surface area contributed by atoms with Gasteiger partial charge in [0.2, 0.25) is 5.95 Å². The molecule has 15 heavy (non-hydrogen) atoms. The van der Waals surface area contributed by atoms with E-state index in [-0.39, 0.29) is 6.10 Å². The van der Waals surface area contributed by atoms with Crippen LogP contribution in [0.15, 0.2) is 6.20 Å². The van der Waals surface area contributed by atoms with Gasteiger partial charge in [0, 0.05) is 25.9 Å². The smallest absolute Gasteiger partial charge is 0.203 e. The summed E-state index contributed by atoms with van der Waals surface area (Å²) in [6.07, 6.45) is 2.26. The zero-order chi connectivity index (χ0) is 11.4. The van der Waals surface area contributed by atoms with E-state index in [1.165, 1.54) is 0 Å². The second-order valence-electron chi connectivity index (χ2n) is 4.13. The van der Waals surface area contributed by atoms with Crippen molar-refractivity contribution in [1.29, 1.82) is 0 Å². The molecule has 0 aromatic carbocycles. The van der Waals surface area contributed by atoms with Crippen molar-refractivity contribution in [3.05, 3.63) is 11.9 Å². The highest BCUT2D eigenvalue weighted by Gasteiger charge is 2.08. The molecule has 1 N–H and O–H groups in total. The molecule has 0 fully saturated rings. The van der Waals surface area contributed by atoms with Gasteiger partial charge in [-0.25, -0.2) is 4.98 Å². The highest BCUT2D eigenvalue weighted by Crippen LogP contribution is 2.15. The van der Waals surface area contributed by atoms with Gasteiger partial charge in [-0.05, 0) is 27.7 Å². The van der Waals surface area contributed by atoms with Gasteiger partial charge in [0.05, 0.1) is 11.8 Å². The fraction of sp³-hybridized carbons (Fsp3) is 0.727. The number of anilines is 1. The van der Waals surface area contributed by atoms with Crippen LogP contribution in [-0.4, -0.2) is 29.3 Å². The number of aryl methyl sites for hydroxylation is 1. The van der Waals surface area contributed by atoms with Crippen LogP contribution < -0.4 is 5.32 Å². The van der Waals surface area contributed by atoms with Crippen molar-refractivity contribution in [1.82, 2.24) is 9.55 Å². The number of hydrogen-bond acceptors (Lipinski definition) is 3. The first kappa shape index (κ1) is 12.0. The fourth-order valence-corrected chi connectivity index (χ4v) is 1.36. The van der Waals surface area contributed by atoms with Crippen LogP contribution in [0, 0.1) is 6.92 Å². The van der Waals surface area contributed by atoms with Gasteiger partial charge in [-0.3, -0.25) is 0 Å². The zero-order valence-corrected chi connectivity index (χ0v) is 10.2. The van der Waals surface area contributed by atoms with E-state index in [0.717, 1.165) is 18.2 Å². The lowest BCUT2D eigenvalue weighted by Crippen LogP contribution is -2.20. The van der Waals surface area contributed by atoms with Gasteiger partial charge >= 0.3 is 0 Å². The first-order valence-corrected chi connectivity index (χ1v) is 5.36. The molecule has 0 saturated carbocycles. The number of aromatic nitrogens is 2. The monoisotopic (exact) mass is 211 g/mol. The number of methoxy groups -OCH3 is 1. The predicted molar refractivity (Wildman–Crippen MR) is 62.3 cm³/mol. The molecule has 0 saturated heterocycles. The molecule has 1 aromatic heterocycles. The third kappa shape index (κ3) is 3.23. The average Bonchev–Trinajstić information content (AvgIpc) is 2.56. The van der Waals surface area contributed by atoms with Crippen LogP contribution in [0.4, 0.5) is 5.95 Å². The van der Waals surface area contributed by atoms with Gasteiger partial charge < -0.3 is 14.6 Å². The van der Waals surface area contributed by atoms with Crippen molar-refractivity contribution in [2.24, 2.45) is 0 Å². The third-order valence-electron chi connectivity index (χ3n) is 2.36. The van der Waals surface area contributed by atoms with E-state index in [9.17, 15) is 0 Å². The zero-order valence-electron chi connectivity index (χ0n) is 10.2. The molecule has 0 aliphatic heterocycles. The summed E-state index contributed by atoms with van der Waals surface area (Å²) in [5, 5.41) is 3.29. The van der Waals surface area contributed by atoms with Crippen LogP contribution in [-0.2, 0) is 4.74 Å². The summed E-state index contributed by atoms with van der Waals surface area (Å²) in [5.41, 5.74) is 1.04. The Morgan fingerprint density at radius 3 is 2.67 bits per heavy atom. The molecule has 0 bridgehead atoms. The van der Waals surface area contributed by atoms with E-state index in [2.05, 4.69) is 34.9 Å². The second kappa shape index (κ2) is 5.16. The largest absolute Gasteiger partial charge is 0.380 e. The molecule has 0 radical (unpaired) electrons. The molecular weight excluding hydrogens is 190 g/mol. The minimum absolute atomic E-state index is 0.197. The molecule has 0 aliphatic rings. The van der Waals surface area contributed by atoms with Crippen LogP contribution in [0.2, 0.25) is 0 Å². The molecule has 1 heterocycles. The summed E-state index contributed by atoms with van der Waals surface area (Å²) in [6.45, 7) is 9.10. The Balaban J connectivity index is 2.67. The number of imidazole rings is 1. The molecule has 0 amide bonds. The lowest BCUT2D eigenvalue weighted by atomic mass is 10.4. The molecule has 4 nitrogen and oxygen atoms in total. The molecule has 1 unspecified atom stereocenters. The minimum atomic E-state index is 0.197. The SMILES string of the molecule is COC(C)CNc1nc(C)cn1C(C)C. The normalized spacial score (nSPS) is 13.2. The van der Waals surface area contributed by atoms with E-state index in [0.29, 0.717) is 6.04 Å². The van der Waals surface area contributed by atoms with Gasteiger partial charge in [0.25, 0.3) is 0 Å². The Hall–Kier alpha value is -1.03. The number of hydrogen-bond donors (Lipinski definition) is 1. The van der Waals surface area contributed by atoms with E-state index in [4.69, 9.17) is 4.74 Å². The maximum Gasteiger partial charge on any atom is 0.203 e. The fourth-order valence-electron chi connectivity index (χ4n) is 1.36. The van der Waals surface area contributed by atoms with Gasteiger partial charge in [-0.2, -0.15) is 0 Å². The van der Waals surface area contributed by atoms with E-state index < -0.39 is 0 Å². The first-order chi connectivity index (χ1) is 7.04. The highest BCUT2D eigenvalue weighted by atomic mass is 16.5. The van der Waals surface area contributed by atoms with Gasteiger partial charge in [0.1, 0.15) is 0 Å². The van der Waals surface area contributed by atoms with Gasteiger partial charge in [-0.1, -0.05) is 0 Å². The molecule has 0 spiro atoms. The van der Waals surface area contributed by atoms with Crippen molar-refractivity contribution in [3.8, 4) is 0 Å². The summed E-state index contributed by atoms with van der Waals surface area (Å²) in [4.78, 5) is 4.43. The lowest BCUT2D eigenvalue weighted by molar-refractivity contribution is 0.128. The Kier molecular flexibility index (Phi) is 4.15. The van der Waals surface area contributed by atoms with Crippen molar-refractivity contribution in [2.75, 3.05) is 19.0 Å². The molecule has 0 aliphatic carbocycles. The topological polar surface area (TPSA) is 39.1 Å². The van der Waals surface area contributed by atoms with Crippen LogP contribution in [0.5, 0.6) is 0 Å². The summed E-state index contributed by atoms with van der Waals surface area (Å²) in [5.74, 6) is 0.923. The Morgan fingerprint density at radius 1 is 1.47 bits per heavy atom. The Bertz CT molecular complexity index is 307. The standard InChI is InChI=1S/C11H21N3O/c1-8(2)14-7-9(3)13-11(14)12-6-10(4)15-5/h7-8,10H,6H2,1-5H3,(H,12,13). The van der Waals surface area contributed by atoms with E-state index in [1.807, 2.05) is 13.8 Å². The first-order valence-electron chi connectivity index (χ1n) is 5.36. The summed E-state index contributed by atoms with van der Waals surface area (Å²) < 4.78 is 7.32. The maximum atomic E-state index is 5.18. The molecular formula is C11H21N3O. The third-order valence-corrected chi connectivity index (χ3v) is 2.36. The van der Waals surface area contributed by atoms with E-state index >= 15 is 0 Å². The van der Waals surface area contributed by atoms with Crippen molar-refractivity contribution in [2.45, 2.75) is 39.8 Å². The average molecular weight is 211 g/mol. The number of nitrogens with zero attached hydrogens (tertiary/aromatic N) is 2. The molecule has 1 atom stereocenters. The van der Waals surface area contributed by atoms with Crippen LogP contribution >= 0.6 is 0 Å². The maximum absolute atomic E-state index is 5.18. The molecule has 1 rings (SSSR count). The van der Waals surface area contributed by atoms with Crippen molar-refractivity contribution >= 4 is 5.95 Å². The van der Waals surface area contributed by atoms with Gasteiger partial charge in [-0.15, -0.1) is 0 Å². The van der Waals surface area contributed by atoms with Crippen LogP contribution in [0.25, 0.3) is 0 Å². The van der Waals surface area contributed by atoms with Gasteiger partial charge in [0.15, 0.2) is 0 Å². The number of rotatable bonds is 5. The lowest BCUT2D eigenvalue weighted by Gasteiger charge is -2.15. The molecule has 4 heteroatoms. The predicted octanol–water partition coefficient (Wildman–Crippen LogP) is 2.22. The van der Waals surface area contributed by atoms with E-state index in [1.54, 1.807) is 7.11 Å². The summed E-state index contributed by atoms with van der Waals surface area (Å²) in [6, 6.07) is 0.423. The molecule has 1 aromatic rings. The Labute approximate surface area is 91.7 Å². The van der Waals surface area contributed by atoms with Crippen LogP contribution in [0.1, 0.15) is 32.5 Å². The Morgan fingerprint density at radius 2 is 2.13 bits per heavy atom. The van der Waals surface area contributed by atoms with Crippen LogP contribution in [0.3, 0.4) is 0 Å².